The van der Waals surface area contributed by atoms with Crippen LogP contribution >= 0.6 is 7.60 Å². The maximum atomic E-state index is 11.1. The molecule has 8 nitrogen and oxygen atoms in total. The van der Waals surface area contributed by atoms with Gasteiger partial charge >= 0.3 is 7.60 Å². The second-order valence-electron chi connectivity index (χ2n) is 5.32. The van der Waals surface area contributed by atoms with Crippen molar-refractivity contribution >= 4 is 15.4 Å². The second-order valence-corrected chi connectivity index (χ2v) is 7.18. The highest BCUT2D eigenvalue weighted by molar-refractivity contribution is 7.51. The van der Waals surface area contributed by atoms with Crippen LogP contribution in [0.25, 0.3) is 0 Å². The average Bonchev–Trinajstić information content (AvgIpc) is 2.43. The summed E-state index contributed by atoms with van der Waals surface area (Å²) in [5.74, 6) is 0. The summed E-state index contributed by atoms with van der Waals surface area (Å²) in [6.45, 7) is 3.09. The lowest BCUT2D eigenvalue weighted by Gasteiger charge is -2.43. The van der Waals surface area contributed by atoms with Crippen LogP contribution in [0.15, 0.2) is 0 Å². The number of nitrogens with zero attached hydrogens (tertiary/aromatic N) is 1. The molecule has 0 aromatic rings. The molecule has 10 heteroatoms. The highest BCUT2D eigenvalue weighted by Gasteiger charge is 2.41. The molecule has 1 aliphatic rings. The van der Waals surface area contributed by atoms with E-state index in [-0.39, 0.29) is 6.61 Å². The molecule has 1 aliphatic heterocycles. The van der Waals surface area contributed by atoms with Crippen LogP contribution in [0, 0.1) is 0 Å². The molecule has 2 radical (unpaired) electrons. The third-order valence-corrected chi connectivity index (χ3v) is 3.82. The van der Waals surface area contributed by atoms with Gasteiger partial charge in [0.1, 0.15) is 20.2 Å². The van der Waals surface area contributed by atoms with Crippen molar-refractivity contribution in [3.05, 3.63) is 0 Å². The van der Waals surface area contributed by atoms with Gasteiger partial charge in [0, 0.05) is 6.66 Å². The molecule has 0 aromatic carbocycles. The minimum atomic E-state index is -3.70. The smallest absolute Gasteiger partial charge is 0.325 e. The zero-order chi connectivity index (χ0) is 16.8. The van der Waals surface area contributed by atoms with Crippen molar-refractivity contribution in [1.29, 1.82) is 0 Å². The standard InChI is InChI=1S/C12H25BNO7P/c1-3-4-5-6-7-19-14-11(15)9(8-20-22(2,17)18)21-10(13)12(14)16/h9-12,15-16H,3-8H2,1-2H3,(H,17,18). The lowest BCUT2D eigenvalue weighted by Crippen LogP contribution is -2.61. The first-order valence-electron chi connectivity index (χ1n) is 7.39. The normalized spacial score (nSPS) is 32.8. The zero-order valence-electron chi connectivity index (χ0n) is 13.0. The molecule has 0 amide bonds. The Hall–Kier alpha value is 0.0149. The largest absolute Gasteiger partial charge is 0.374 e. The van der Waals surface area contributed by atoms with Gasteiger partial charge in [-0.15, -0.1) is 5.06 Å². The van der Waals surface area contributed by atoms with Crippen LogP contribution in [0.1, 0.15) is 32.6 Å². The summed E-state index contributed by atoms with van der Waals surface area (Å²) in [7, 11) is 1.92. The van der Waals surface area contributed by atoms with E-state index < -0.39 is 32.2 Å². The van der Waals surface area contributed by atoms with E-state index in [0.29, 0.717) is 6.61 Å². The molecule has 0 aromatic heterocycles. The monoisotopic (exact) mass is 337 g/mol. The number of aliphatic hydroxyl groups excluding tert-OH is 2. The van der Waals surface area contributed by atoms with Crippen molar-refractivity contribution < 1.29 is 33.8 Å². The fourth-order valence-electron chi connectivity index (χ4n) is 2.00. The van der Waals surface area contributed by atoms with Crippen LogP contribution in [0.5, 0.6) is 0 Å². The molecule has 22 heavy (non-hydrogen) atoms. The lowest BCUT2D eigenvalue weighted by molar-refractivity contribution is -0.367. The first-order chi connectivity index (χ1) is 10.3. The van der Waals surface area contributed by atoms with Crippen LogP contribution in [0.3, 0.4) is 0 Å². The Bertz CT molecular complexity index is 369. The summed E-state index contributed by atoms with van der Waals surface area (Å²) in [6, 6.07) is -1.12. The fourth-order valence-corrected chi connectivity index (χ4v) is 2.42. The van der Waals surface area contributed by atoms with Gasteiger partial charge in [-0.3, -0.25) is 9.40 Å². The van der Waals surface area contributed by atoms with E-state index in [1.165, 1.54) is 0 Å². The van der Waals surface area contributed by atoms with E-state index in [2.05, 4.69) is 6.92 Å². The quantitative estimate of drug-likeness (QED) is 0.310. The number of hydrogen-bond acceptors (Lipinski definition) is 7. The van der Waals surface area contributed by atoms with Gasteiger partial charge in [0.25, 0.3) is 0 Å². The Labute approximate surface area is 132 Å². The van der Waals surface area contributed by atoms with Crippen molar-refractivity contribution in [2.45, 2.75) is 57.2 Å². The molecule has 5 atom stereocenters. The maximum Gasteiger partial charge on any atom is 0.325 e. The predicted molar refractivity (Wildman–Crippen MR) is 80.1 cm³/mol. The molecular formula is C12H25BNO7P. The molecular weight excluding hydrogens is 312 g/mol. The minimum absolute atomic E-state index is 0.320. The lowest BCUT2D eigenvalue weighted by atomic mass is 9.96. The number of hydroxylamine groups is 2. The highest BCUT2D eigenvalue weighted by atomic mass is 31.2. The Kier molecular flexibility index (Phi) is 8.52. The Morgan fingerprint density at radius 1 is 1.27 bits per heavy atom. The average molecular weight is 337 g/mol. The zero-order valence-corrected chi connectivity index (χ0v) is 13.9. The maximum absolute atomic E-state index is 11.1. The predicted octanol–water partition coefficient (Wildman–Crippen LogP) is 0.162. The van der Waals surface area contributed by atoms with Crippen LogP contribution in [-0.2, 0) is 18.7 Å². The summed E-state index contributed by atoms with van der Waals surface area (Å²) in [5.41, 5.74) is 0. The number of hydrogen-bond donors (Lipinski definition) is 3. The van der Waals surface area contributed by atoms with E-state index in [9.17, 15) is 14.8 Å². The number of unbranched alkanes of at least 4 members (excludes halogenated alkanes) is 3. The van der Waals surface area contributed by atoms with Gasteiger partial charge in [0.05, 0.1) is 19.2 Å². The Balaban J connectivity index is 2.51. The third-order valence-electron chi connectivity index (χ3n) is 3.20. The minimum Gasteiger partial charge on any atom is -0.374 e. The van der Waals surface area contributed by atoms with Gasteiger partial charge < -0.3 is 24.4 Å². The van der Waals surface area contributed by atoms with Gasteiger partial charge in [-0.25, -0.2) is 0 Å². The third kappa shape index (κ3) is 6.64. The van der Waals surface area contributed by atoms with Gasteiger partial charge in [0.15, 0.2) is 6.23 Å². The molecule has 0 saturated carbocycles. The van der Waals surface area contributed by atoms with E-state index in [0.717, 1.165) is 37.4 Å². The van der Waals surface area contributed by atoms with Gasteiger partial charge in [-0.2, -0.15) is 0 Å². The van der Waals surface area contributed by atoms with Crippen molar-refractivity contribution in [3.63, 3.8) is 0 Å². The van der Waals surface area contributed by atoms with Crippen LogP contribution in [0.4, 0.5) is 0 Å². The van der Waals surface area contributed by atoms with Crippen LogP contribution in [-0.4, -0.2) is 72.5 Å². The summed E-state index contributed by atoms with van der Waals surface area (Å²) in [5, 5.41) is 21.0. The number of aliphatic hydroxyl groups is 2. The number of ether oxygens (including phenoxy) is 1. The Morgan fingerprint density at radius 2 is 1.95 bits per heavy atom. The van der Waals surface area contributed by atoms with E-state index in [1.54, 1.807) is 0 Å². The van der Waals surface area contributed by atoms with E-state index in [4.69, 9.17) is 26.8 Å². The summed E-state index contributed by atoms with van der Waals surface area (Å²) >= 11 is 0. The molecule has 1 rings (SSSR count). The molecule has 0 bridgehead atoms. The Morgan fingerprint density at radius 3 is 2.55 bits per heavy atom. The first kappa shape index (κ1) is 20.1. The second kappa shape index (κ2) is 9.34. The fraction of sp³-hybridized carbons (Fsp3) is 1.00. The molecule has 3 N–H and O–H groups in total. The summed E-state index contributed by atoms with van der Waals surface area (Å²) < 4.78 is 21.0. The van der Waals surface area contributed by atoms with Crippen molar-refractivity contribution in [2.75, 3.05) is 19.9 Å². The van der Waals surface area contributed by atoms with Gasteiger partial charge in [0.2, 0.25) is 0 Å². The molecule has 1 saturated heterocycles. The molecule has 1 heterocycles. The number of morpholine rings is 1. The van der Waals surface area contributed by atoms with Crippen molar-refractivity contribution in [3.8, 4) is 0 Å². The summed E-state index contributed by atoms with van der Waals surface area (Å²) in [6.07, 6.45) is 0.236. The van der Waals surface area contributed by atoms with Gasteiger partial charge in [-0.05, 0) is 6.42 Å². The van der Waals surface area contributed by atoms with Crippen molar-refractivity contribution in [1.82, 2.24) is 5.06 Å². The van der Waals surface area contributed by atoms with Crippen LogP contribution in [0.2, 0.25) is 0 Å². The van der Waals surface area contributed by atoms with Crippen molar-refractivity contribution in [2.24, 2.45) is 0 Å². The molecule has 5 unspecified atom stereocenters. The van der Waals surface area contributed by atoms with Crippen LogP contribution < -0.4 is 0 Å². The molecule has 0 aliphatic carbocycles. The SMILES string of the molecule is [B]C1OC(COP(C)(=O)O)C(O)N(OCCCCCC)C1O. The topological polar surface area (TPSA) is 109 Å². The molecule has 128 valence electrons. The molecule has 0 spiro atoms. The first-order valence-corrected chi connectivity index (χ1v) is 9.42. The van der Waals surface area contributed by atoms with E-state index in [1.807, 2.05) is 0 Å². The van der Waals surface area contributed by atoms with E-state index >= 15 is 0 Å². The molecule has 1 fully saturated rings. The van der Waals surface area contributed by atoms with Gasteiger partial charge in [-0.1, -0.05) is 26.2 Å². The number of rotatable bonds is 9. The highest BCUT2D eigenvalue weighted by Crippen LogP contribution is 2.37. The summed E-state index contributed by atoms with van der Waals surface area (Å²) in [4.78, 5) is 14.5.